The summed E-state index contributed by atoms with van der Waals surface area (Å²) in [5, 5.41) is 12.6. The van der Waals surface area contributed by atoms with E-state index < -0.39 is 0 Å². The summed E-state index contributed by atoms with van der Waals surface area (Å²) in [6.07, 6.45) is 10.4. The topological polar surface area (TPSA) is 72.7 Å². The number of nitrogens with one attached hydrogen (secondary N) is 1. The van der Waals surface area contributed by atoms with Gasteiger partial charge >= 0.3 is 0 Å². The number of carbonyl (C=O) groups is 1. The van der Waals surface area contributed by atoms with Gasteiger partial charge in [-0.2, -0.15) is 0 Å². The molecule has 2 heterocycles. The zero-order valence-corrected chi connectivity index (χ0v) is 14.8. The molecule has 128 valence electrons. The van der Waals surface area contributed by atoms with Crippen molar-refractivity contribution in [1.29, 1.82) is 0 Å². The summed E-state index contributed by atoms with van der Waals surface area (Å²) in [5.74, 6) is 0.913. The molecule has 1 aliphatic rings. The Morgan fingerprint density at radius 3 is 2.88 bits per heavy atom. The lowest BCUT2D eigenvalue weighted by molar-refractivity contribution is 0.0948. The summed E-state index contributed by atoms with van der Waals surface area (Å²) in [7, 11) is 0. The molecule has 1 amide bonds. The molecule has 6 nitrogen and oxygen atoms in total. The van der Waals surface area contributed by atoms with Crippen molar-refractivity contribution in [1.82, 2.24) is 25.1 Å². The van der Waals surface area contributed by atoms with Gasteiger partial charge in [0.2, 0.25) is 0 Å². The van der Waals surface area contributed by atoms with Crippen LogP contribution in [0.2, 0.25) is 0 Å². The summed E-state index contributed by atoms with van der Waals surface area (Å²) in [4.78, 5) is 16.0. The van der Waals surface area contributed by atoms with Gasteiger partial charge in [-0.3, -0.25) is 9.78 Å². The van der Waals surface area contributed by atoms with Crippen LogP contribution in [-0.4, -0.2) is 38.5 Å². The Hall–Kier alpha value is -1.89. The highest BCUT2D eigenvalue weighted by molar-refractivity contribution is 7.98. The summed E-state index contributed by atoms with van der Waals surface area (Å²) < 4.78 is 2.32. The van der Waals surface area contributed by atoms with E-state index in [-0.39, 0.29) is 5.91 Å². The van der Waals surface area contributed by atoms with E-state index in [1.165, 1.54) is 25.7 Å². The molecule has 2 aromatic heterocycles. The quantitative estimate of drug-likeness (QED) is 0.617. The molecule has 0 aliphatic heterocycles. The Bertz CT molecular complexity index is 667. The third kappa shape index (κ3) is 3.95. The van der Waals surface area contributed by atoms with E-state index in [2.05, 4.69) is 25.1 Å². The first kappa shape index (κ1) is 17.0. The van der Waals surface area contributed by atoms with Crippen LogP contribution in [0.1, 0.15) is 54.5 Å². The van der Waals surface area contributed by atoms with Gasteiger partial charge in [0.1, 0.15) is 11.5 Å². The number of thioether (sulfide) groups is 1. The lowest BCUT2D eigenvalue weighted by atomic mass is 10.2. The molecule has 0 radical (unpaired) electrons. The summed E-state index contributed by atoms with van der Waals surface area (Å²) in [6, 6.07) is 5.88. The monoisotopic (exact) mass is 345 g/mol. The second-order valence-electron chi connectivity index (χ2n) is 5.99. The number of hydrogen-bond acceptors (Lipinski definition) is 5. The van der Waals surface area contributed by atoms with Crippen LogP contribution >= 0.6 is 11.8 Å². The van der Waals surface area contributed by atoms with Crippen LogP contribution in [0.3, 0.4) is 0 Å². The Balaban J connectivity index is 1.53. The fourth-order valence-electron chi connectivity index (χ4n) is 3.18. The number of aryl methyl sites for hydroxylation is 1. The normalized spacial score (nSPS) is 14.9. The summed E-state index contributed by atoms with van der Waals surface area (Å²) in [6.45, 7) is 0.613. The number of carbonyl (C=O) groups excluding carboxylic acids is 1. The minimum Gasteiger partial charge on any atom is -0.351 e. The second-order valence-corrected chi connectivity index (χ2v) is 6.76. The van der Waals surface area contributed by atoms with Crippen molar-refractivity contribution in [3.05, 3.63) is 35.9 Å². The molecule has 1 aliphatic carbocycles. The van der Waals surface area contributed by atoms with Gasteiger partial charge in [-0.25, -0.2) is 0 Å². The van der Waals surface area contributed by atoms with Crippen LogP contribution < -0.4 is 5.32 Å². The van der Waals surface area contributed by atoms with E-state index >= 15 is 0 Å². The molecule has 0 unspecified atom stereocenters. The first-order valence-electron chi connectivity index (χ1n) is 8.46. The first-order chi connectivity index (χ1) is 11.8. The molecule has 1 fully saturated rings. The molecule has 2 aromatic rings. The Morgan fingerprint density at radius 2 is 2.17 bits per heavy atom. The van der Waals surface area contributed by atoms with E-state index in [4.69, 9.17) is 0 Å². The lowest BCUT2D eigenvalue weighted by Gasteiger charge is -2.16. The van der Waals surface area contributed by atoms with Crippen molar-refractivity contribution in [2.45, 2.75) is 49.7 Å². The number of nitrogens with zero attached hydrogens (tertiary/aromatic N) is 4. The molecule has 3 rings (SSSR count). The molecule has 0 aromatic carbocycles. The summed E-state index contributed by atoms with van der Waals surface area (Å²) >= 11 is 1.66. The van der Waals surface area contributed by atoms with Crippen LogP contribution in [0.15, 0.2) is 29.6 Å². The van der Waals surface area contributed by atoms with Gasteiger partial charge in [-0.05, 0) is 37.7 Å². The smallest absolute Gasteiger partial charge is 0.269 e. The Kier molecular flexibility index (Phi) is 5.85. The molecular formula is C17H23N5OS. The van der Waals surface area contributed by atoms with Gasteiger partial charge in [0, 0.05) is 25.2 Å². The Morgan fingerprint density at radius 1 is 1.33 bits per heavy atom. The van der Waals surface area contributed by atoms with Crippen LogP contribution in [-0.2, 0) is 6.42 Å². The van der Waals surface area contributed by atoms with E-state index in [1.807, 2.05) is 12.3 Å². The average molecular weight is 345 g/mol. The van der Waals surface area contributed by atoms with Crippen molar-refractivity contribution in [2.24, 2.45) is 0 Å². The molecule has 7 heteroatoms. The third-order valence-electron chi connectivity index (χ3n) is 4.37. The minimum atomic E-state index is -0.127. The van der Waals surface area contributed by atoms with Crippen molar-refractivity contribution >= 4 is 17.7 Å². The second kappa shape index (κ2) is 8.28. The van der Waals surface area contributed by atoms with Gasteiger partial charge < -0.3 is 9.88 Å². The molecule has 1 N–H and O–H groups in total. The number of pyridine rings is 1. The zero-order valence-electron chi connectivity index (χ0n) is 13.9. The van der Waals surface area contributed by atoms with Gasteiger partial charge in [0.15, 0.2) is 5.16 Å². The minimum absolute atomic E-state index is 0.127. The molecule has 0 saturated heterocycles. The lowest BCUT2D eigenvalue weighted by Crippen LogP contribution is -2.25. The maximum Gasteiger partial charge on any atom is 0.269 e. The van der Waals surface area contributed by atoms with E-state index in [0.717, 1.165) is 23.8 Å². The number of amides is 1. The average Bonchev–Trinajstić information content (AvgIpc) is 3.28. The Labute approximate surface area is 146 Å². The first-order valence-corrected chi connectivity index (χ1v) is 9.69. The zero-order chi connectivity index (χ0) is 16.8. The fourth-order valence-corrected chi connectivity index (χ4v) is 3.76. The van der Waals surface area contributed by atoms with Crippen molar-refractivity contribution in [2.75, 3.05) is 12.8 Å². The molecular weight excluding hydrogens is 322 g/mol. The van der Waals surface area contributed by atoms with Crippen LogP contribution in [0, 0.1) is 0 Å². The molecule has 0 bridgehead atoms. The van der Waals surface area contributed by atoms with Crippen LogP contribution in [0.4, 0.5) is 0 Å². The van der Waals surface area contributed by atoms with Crippen molar-refractivity contribution < 1.29 is 4.79 Å². The van der Waals surface area contributed by atoms with E-state index in [0.29, 0.717) is 18.3 Å². The largest absolute Gasteiger partial charge is 0.351 e. The maximum absolute atomic E-state index is 12.0. The van der Waals surface area contributed by atoms with Crippen LogP contribution in [0.5, 0.6) is 0 Å². The van der Waals surface area contributed by atoms with Gasteiger partial charge in [-0.1, -0.05) is 30.7 Å². The standard InChI is InChI=1S/C17H23N5OS/c1-24-17-21-20-15(22(17)13-7-2-3-8-13)10-6-12-19-16(23)14-9-4-5-11-18-14/h4-5,9,11,13H,2-3,6-8,10,12H2,1H3,(H,19,23). The highest BCUT2D eigenvalue weighted by Crippen LogP contribution is 2.33. The van der Waals surface area contributed by atoms with Gasteiger partial charge in [0.25, 0.3) is 5.91 Å². The third-order valence-corrected chi connectivity index (χ3v) is 5.01. The van der Waals surface area contributed by atoms with E-state index in [1.54, 1.807) is 30.1 Å². The van der Waals surface area contributed by atoms with Gasteiger partial charge in [-0.15, -0.1) is 10.2 Å². The maximum atomic E-state index is 12.0. The number of aromatic nitrogens is 4. The van der Waals surface area contributed by atoms with Crippen LogP contribution in [0.25, 0.3) is 0 Å². The van der Waals surface area contributed by atoms with Gasteiger partial charge in [0.05, 0.1) is 0 Å². The molecule has 0 spiro atoms. The highest BCUT2D eigenvalue weighted by Gasteiger charge is 2.23. The fraction of sp³-hybridized carbons (Fsp3) is 0.529. The highest BCUT2D eigenvalue weighted by atomic mass is 32.2. The molecule has 1 saturated carbocycles. The van der Waals surface area contributed by atoms with E-state index in [9.17, 15) is 4.79 Å². The van der Waals surface area contributed by atoms with Crippen molar-refractivity contribution in [3.8, 4) is 0 Å². The number of rotatable bonds is 7. The van der Waals surface area contributed by atoms with Crippen molar-refractivity contribution in [3.63, 3.8) is 0 Å². The predicted molar refractivity (Wildman–Crippen MR) is 94.2 cm³/mol. The predicted octanol–water partition coefficient (Wildman–Crippen LogP) is 2.87. The molecule has 0 atom stereocenters. The molecule has 24 heavy (non-hydrogen) atoms. The summed E-state index contributed by atoms with van der Waals surface area (Å²) in [5.41, 5.74) is 0.455. The number of hydrogen-bond donors (Lipinski definition) is 1. The SMILES string of the molecule is CSc1nnc(CCCNC(=O)c2ccccn2)n1C1CCCC1.